The summed E-state index contributed by atoms with van der Waals surface area (Å²) in [7, 11) is 0. The maximum Gasteiger partial charge on any atom is 0.165 e. The highest BCUT2D eigenvalue weighted by molar-refractivity contribution is 6.32. The Kier molecular flexibility index (Phi) is 2.88. The standard InChI is InChI=1S/C12H8ClFO/c13-9-5-1-3-7-11(9)15-12-8-4-2-6-10(12)14/h1-8H. The molecule has 0 aliphatic heterocycles. The van der Waals surface area contributed by atoms with E-state index in [-0.39, 0.29) is 5.75 Å². The molecule has 0 aromatic heterocycles. The second-order valence-electron chi connectivity index (χ2n) is 2.96. The first-order valence-corrected chi connectivity index (χ1v) is 4.82. The molecule has 15 heavy (non-hydrogen) atoms. The normalized spacial score (nSPS) is 10.0. The molecule has 0 N–H and O–H groups in total. The molecule has 0 amide bonds. The van der Waals surface area contributed by atoms with Crippen LogP contribution < -0.4 is 4.74 Å². The SMILES string of the molecule is Fc1ccccc1Oc1ccccc1Cl. The van der Waals surface area contributed by atoms with Crippen LogP contribution in [-0.4, -0.2) is 0 Å². The Morgan fingerprint density at radius 2 is 1.47 bits per heavy atom. The van der Waals surface area contributed by atoms with Crippen LogP contribution >= 0.6 is 11.6 Å². The van der Waals surface area contributed by atoms with Gasteiger partial charge in [0.05, 0.1) is 5.02 Å². The van der Waals surface area contributed by atoms with Crippen molar-refractivity contribution < 1.29 is 9.13 Å². The topological polar surface area (TPSA) is 9.23 Å². The fourth-order valence-corrected chi connectivity index (χ4v) is 1.35. The number of benzene rings is 2. The van der Waals surface area contributed by atoms with Gasteiger partial charge in [-0.2, -0.15) is 0 Å². The molecule has 0 unspecified atom stereocenters. The molecule has 0 spiro atoms. The minimum Gasteiger partial charge on any atom is -0.453 e. The minimum absolute atomic E-state index is 0.172. The molecule has 0 heterocycles. The molecular weight excluding hydrogens is 215 g/mol. The number of hydrogen-bond donors (Lipinski definition) is 0. The monoisotopic (exact) mass is 222 g/mol. The van der Waals surface area contributed by atoms with E-state index < -0.39 is 5.82 Å². The van der Waals surface area contributed by atoms with Gasteiger partial charge >= 0.3 is 0 Å². The van der Waals surface area contributed by atoms with Crippen molar-refractivity contribution in [2.75, 3.05) is 0 Å². The van der Waals surface area contributed by atoms with E-state index in [0.29, 0.717) is 10.8 Å². The van der Waals surface area contributed by atoms with Crippen molar-refractivity contribution in [1.29, 1.82) is 0 Å². The number of hydrogen-bond acceptors (Lipinski definition) is 1. The number of ether oxygens (including phenoxy) is 1. The Morgan fingerprint density at radius 3 is 2.13 bits per heavy atom. The zero-order valence-electron chi connectivity index (χ0n) is 7.78. The first kappa shape index (κ1) is 9.99. The summed E-state index contributed by atoms with van der Waals surface area (Å²) in [6, 6.07) is 13.2. The van der Waals surface area contributed by atoms with Gasteiger partial charge in [0.15, 0.2) is 11.6 Å². The Hall–Kier alpha value is -1.54. The van der Waals surface area contributed by atoms with E-state index >= 15 is 0 Å². The third-order valence-corrected chi connectivity index (χ3v) is 2.21. The van der Waals surface area contributed by atoms with Crippen molar-refractivity contribution in [1.82, 2.24) is 0 Å². The maximum absolute atomic E-state index is 13.2. The Bertz CT molecular complexity index is 427. The van der Waals surface area contributed by atoms with Gasteiger partial charge in [-0.25, -0.2) is 4.39 Å². The van der Waals surface area contributed by atoms with Gasteiger partial charge in [-0.15, -0.1) is 0 Å². The summed E-state index contributed by atoms with van der Waals surface area (Å²) in [5.41, 5.74) is 0. The molecule has 76 valence electrons. The predicted molar refractivity (Wildman–Crippen MR) is 57.9 cm³/mol. The van der Waals surface area contributed by atoms with E-state index in [1.165, 1.54) is 6.07 Å². The van der Waals surface area contributed by atoms with Gasteiger partial charge < -0.3 is 4.74 Å². The summed E-state index contributed by atoms with van der Waals surface area (Å²) in [5, 5.41) is 0.459. The lowest BCUT2D eigenvalue weighted by molar-refractivity contribution is 0.442. The fourth-order valence-electron chi connectivity index (χ4n) is 1.17. The molecule has 0 aliphatic carbocycles. The van der Waals surface area contributed by atoms with E-state index in [9.17, 15) is 4.39 Å². The van der Waals surface area contributed by atoms with Crippen LogP contribution in [0.1, 0.15) is 0 Å². The molecule has 0 saturated heterocycles. The molecule has 0 radical (unpaired) electrons. The molecule has 3 heteroatoms. The Labute approximate surface area is 92.1 Å². The van der Waals surface area contributed by atoms with E-state index in [4.69, 9.17) is 16.3 Å². The van der Waals surface area contributed by atoms with E-state index in [0.717, 1.165) is 0 Å². The second kappa shape index (κ2) is 4.32. The van der Waals surface area contributed by atoms with Crippen molar-refractivity contribution in [3.05, 3.63) is 59.4 Å². The van der Waals surface area contributed by atoms with Gasteiger partial charge in [-0.3, -0.25) is 0 Å². The summed E-state index contributed by atoms with van der Waals surface area (Å²) in [5.74, 6) is 0.215. The molecule has 1 nitrogen and oxygen atoms in total. The van der Waals surface area contributed by atoms with Crippen molar-refractivity contribution >= 4 is 11.6 Å². The molecule has 0 aliphatic rings. The molecule has 0 bridgehead atoms. The summed E-state index contributed by atoms with van der Waals surface area (Å²) in [6.45, 7) is 0. The highest BCUT2D eigenvalue weighted by atomic mass is 35.5. The van der Waals surface area contributed by atoms with Crippen LogP contribution in [0.4, 0.5) is 4.39 Å². The molecule has 0 saturated carbocycles. The van der Waals surface area contributed by atoms with Crippen LogP contribution in [0.15, 0.2) is 48.5 Å². The predicted octanol–water partition coefficient (Wildman–Crippen LogP) is 4.27. The largest absolute Gasteiger partial charge is 0.453 e. The van der Waals surface area contributed by atoms with Crippen LogP contribution in [0.5, 0.6) is 11.5 Å². The Balaban J connectivity index is 2.30. The summed E-state index contributed by atoms with van der Waals surface area (Å²) in [6.07, 6.45) is 0. The van der Waals surface area contributed by atoms with Crippen molar-refractivity contribution in [2.45, 2.75) is 0 Å². The molecule has 2 aromatic rings. The van der Waals surface area contributed by atoms with Gasteiger partial charge in [0.2, 0.25) is 0 Å². The second-order valence-corrected chi connectivity index (χ2v) is 3.37. The molecule has 0 atom stereocenters. The van der Waals surface area contributed by atoms with Crippen molar-refractivity contribution in [2.24, 2.45) is 0 Å². The first-order valence-electron chi connectivity index (χ1n) is 4.44. The number of halogens is 2. The van der Waals surface area contributed by atoms with Gasteiger partial charge in [-0.05, 0) is 24.3 Å². The lowest BCUT2D eigenvalue weighted by atomic mass is 10.3. The minimum atomic E-state index is -0.405. The molecule has 2 rings (SSSR count). The zero-order chi connectivity index (χ0) is 10.7. The smallest absolute Gasteiger partial charge is 0.165 e. The third kappa shape index (κ3) is 2.28. The first-order chi connectivity index (χ1) is 7.27. The average molecular weight is 223 g/mol. The van der Waals surface area contributed by atoms with Crippen LogP contribution in [-0.2, 0) is 0 Å². The highest BCUT2D eigenvalue weighted by Gasteiger charge is 2.05. The Morgan fingerprint density at radius 1 is 0.867 bits per heavy atom. The molecule has 2 aromatic carbocycles. The quantitative estimate of drug-likeness (QED) is 0.737. The highest BCUT2D eigenvalue weighted by Crippen LogP contribution is 2.29. The van der Waals surface area contributed by atoms with Crippen LogP contribution in [0.3, 0.4) is 0 Å². The summed E-state index contributed by atoms with van der Waals surface area (Å²) >= 11 is 5.88. The third-order valence-electron chi connectivity index (χ3n) is 1.89. The van der Waals surface area contributed by atoms with E-state index in [1.54, 1.807) is 42.5 Å². The average Bonchev–Trinajstić information content (AvgIpc) is 2.24. The lowest BCUT2D eigenvalue weighted by Gasteiger charge is -2.07. The summed E-state index contributed by atoms with van der Waals surface area (Å²) < 4.78 is 18.6. The summed E-state index contributed by atoms with van der Waals surface area (Å²) in [4.78, 5) is 0. The lowest BCUT2D eigenvalue weighted by Crippen LogP contribution is -1.87. The number of rotatable bonds is 2. The van der Waals surface area contributed by atoms with Crippen LogP contribution in [0, 0.1) is 5.82 Å². The van der Waals surface area contributed by atoms with Crippen molar-refractivity contribution in [3.8, 4) is 11.5 Å². The van der Waals surface area contributed by atoms with E-state index in [2.05, 4.69) is 0 Å². The fraction of sp³-hybridized carbons (Fsp3) is 0. The van der Waals surface area contributed by atoms with Gasteiger partial charge in [0, 0.05) is 0 Å². The maximum atomic E-state index is 13.2. The van der Waals surface area contributed by atoms with E-state index in [1.807, 2.05) is 0 Å². The zero-order valence-corrected chi connectivity index (χ0v) is 8.54. The molecular formula is C12H8ClFO. The van der Waals surface area contributed by atoms with Crippen LogP contribution in [0.2, 0.25) is 5.02 Å². The van der Waals surface area contributed by atoms with Crippen molar-refractivity contribution in [3.63, 3.8) is 0 Å². The van der Waals surface area contributed by atoms with Gasteiger partial charge in [0.1, 0.15) is 5.75 Å². The van der Waals surface area contributed by atoms with Gasteiger partial charge in [0.25, 0.3) is 0 Å². The van der Waals surface area contributed by atoms with Crippen LogP contribution in [0.25, 0.3) is 0 Å². The molecule has 0 fully saturated rings. The van der Waals surface area contributed by atoms with Gasteiger partial charge in [-0.1, -0.05) is 35.9 Å². The number of para-hydroxylation sites is 2.